The van der Waals surface area contributed by atoms with Crippen molar-refractivity contribution in [2.75, 3.05) is 7.11 Å². The second-order valence-corrected chi connectivity index (χ2v) is 8.54. The van der Waals surface area contributed by atoms with Gasteiger partial charge in [-0.15, -0.1) is 0 Å². The molecule has 1 N–H and O–H groups in total. The summed E-state index contributed by atoms with van der Waals surface area (Å²) in [7, 11) is 1.45. The number of aliphatic carboxylic acids is 1. The summed E-state index contributed by atoms with van der Waals surface area (Å²) in [4.78, 5) is 10.8. The summed E-state index contributed by atoms with van der Waals surface area (Å²) in [6, 6.07) is 0. The number of ether oxygens (including phenoxy) is 1. The fourth-order valence-electron chi connectivity index (χ4n) is 3.71. The molecule has 0 heterocycles. The number of carboxylic acid groups (broad SMARTS) is 1. The van der Waals surface area contributed by atoms with Crippen LogP contribution in [0.15, 0.2) is 24.3 Å². The molecule has 0 aromatic carbocycles. The lowest BCUT2D eigenvalue weighted by Gasteiger charge is -2.07. The first-order valence-corrected chi connectivity index (χ1v) is 12.8. The molecule has 0 aliphatic rings. The molecule has 0 radical (unpaired) electrons. The lowest BCUT2D eigenvalue weighted by atomic mass is 10.0. The average molecular weight is 423 g/mol. The Labute approximate surface area is 187 Å². The van der Waals surface area contributed by atoms with Gasteiger partial charge in [-0.05, 0) is 38.5 Å². The van der Waals surface area contributed by atoms with E-state index < -0.39 is 12.1 Å². The summed E-state index contributed by atoms with van der Waals surface area (Å²) in [5.74, 6) is -0.877. The minimum atomic E-state index is -0.877. The fourth-order valence-corrected chi connectivity index (χ4v) is 3.71. The van der Waals surface area contributed by atoms with Gasteiger partial charge >= 0.3 is 5.97 Å². The van der Waals surface area contributed by atoms with Gasteiger partial charge in [0.25, 0.3) is 0 Å². The summed E-state index contributed by atoms with van der Waals surface area (Å²) in [6.45, 7) is 2.28. The van der Waals surface area contributed by atoms with E-state index in [2.05, 4.69) is 31.2 Å². The maximum Gasteiger partial charge on any atom is 0.332 e. The van der Waals surface area contributed by atoms with E-state index in [4.69, 9.17) is 9.84 Å². The van der Waals surface area contributed by atoms with Crippen molar-refractivity contribution in [2.24, 2.45) is 0 Å². The van der Waals surface area contributed by atoms with Crippen LogP contribution < -0.4 is 0 Å². The zero-order chi connectivity index (χ0) is 22.1. The maximum atomic E-state index is 10.8. The Morgan fingerprint density at radius 2 is 1.07 bits per heavy atom. The fraction of sp³-hybridized carbons (Fsp3) is 0.815. The zero-order valence-corrected chi connectivity index (χ0v) is 20.1. The van der Waals surface area contributed by atoms with Crippen molar-refractivity contribution in [3.63, 3.8) is 0 Å². The van der Waals surface area contributed by atoms with Crippen molar-refractivity contribution in [3.8, 4) is 0 Å². The normalized spacial score (nSPS) is 12.9. The maximum absolute atomic E-state index is 10.8. The van der Waals surface area contributed by atoms with Gasteiger partial charge in [0.1, 0.15) is 0 Å². The van der Waals surface area contributed by atoms with Crippen molar-refractivity contribution in [1.82, 2.24) is 0 Å². The highest BCUT2D eigenvalue weighted by atomic mass is 16.5. The molecule has 1 atom stereocenters. The number of unbranched alkanes of at least 4 members (excludes halogenated alkanes) is 15. The Bertz CT molecular complexity index is 414. The molecule has 0 aliphatic carbocycles. The van der Waals surface area contributed by atoms with Crippen LogP contribution in [0.3, 0.4) is 0 Å². The van der Waals surface area contributed by atoms with Crippen LogP contribution >= 0.6 is 0 Å². The zero-order valence-electron chi connectivity index (χ0n) is 20.1. The Hall–Kier alpha value is -1.09. The first-order chi connectivity index (χ1) is 14.7. The highest BCUT2D eigenvalue weighted by Crippen LogP contribution is 2.13. The monoisotopic (exact) mass is 422 g/mol. The van der Waals surface area contributed by atoms with Gasteiger partial charge in [0, 0.05) is 7.11 Å². The summed E-state index contributed by atoms with van der Waals surface area (Å²) in [5.41, 5.74) is 0. The highest BCUT2D eigenvalue weighted by Gasteiger charge is 2.14. The molecule has 176 valence electrons. The quantitative estimate of drug-likeness (QED) is 0.132. The molecule has 0 saturated heterocycles. The summed E-state index contributed by atoms with van der Waals surface area (Å²) in [5, 5.41) is 8.89. The van der Waals surface area contributed by atoms with E-state index in [1.165, 1.54) is 103 Å². The van der Waals surface area contributed by atoms with E-state index in [-0.39, 0.29) is 0 Å². The predicted molar refractivity (Wildman–Crippen MR) is 130 cm³/mol. The van der Waals surface area contributed by atoms with Crippen LogP contribution in [0.4, 0.5) is 0 Å². The predicted octanol–water partition coefficient (Wildman–Crippen LogP) is 8.63. The molecule has 0 aromatic heterocycles. The molecule has 1 unspecified atom stereocenters. The largest absolute Gasteiger partial charge is 0.479 e. The van der Waals surface area contributed by atoms with Gasteiger partial charge in [0.15, 0.2) is 6.10 Å². The summed E-state index contributed by atoms with van der Waals surface area (Å²) in [6.07, 6.45) is 32.5. The van der Waals surface area contributed by atoms with Crippen molar-refractivity contribution in [2.45, 2.75) is 135 Å². The first-order valence-electron chi connectivity index (χ1n) is 12.8. The topological polar surface area (TPSA) is 46.5 Å². The third-order valence-electron chi connectivity index (χ3n) is 5.71. The van der Waals surface area contributed by atoms with Crippen molar-refractivity contribution in [1.29, 1.82) is 0 Å². The van der Waals surface area contributed by atoms with E-state index in [1.807, 2.05) is 0 Å². The van der Waals surface area contributed by atoms with E-state index in [9.17, 15) is 4.79 Å². The van der Waals surface area contributed by atoms with E-state index in [0.29, 0.717) is 6.42 Å². The Morgan fingerprint density at radius 1 is 0.667 bits per heavy atom. The van der Waals surface area contributed by atoms with Crippen LogP contribution in [0.2, 0.25) is 0 Å². The third-order valence-corrected chi connectivity index (χ3v) is 5.71. The Kier molecular flexibility index (Phi) is 23.3. The standard InChI is InChI=1S/C27H50O3/c1-3-4-5-6-7-8-9-10-11-12-13-14-15-16-17-18-19-20-21-22-23-24-25-26(30-2)27(28)29/h18-19,22-23,26H,3-17,20-21,24-25H2,1-2H3,(H,28,29)/b19-18+,23-22+. The van der Waals surface area contributed by atoms with Gasteiger partial charge < -0.3 is 9.84 Å². The molecule has 0 spiro atoms. The first kappa shape index (κ1) is 28.9. The SMILES string of the molecule is CCCCCCCCCCCCCCCC/C=C/CC/C=C/CCC(OC)C(=O)O. The van der Waals surface area contributed by atoms with Gasteiger partial charge in [-0.25, -0.2) is 4.79 Å². The summed E-state index contributed by atoms with van der Waals surface area (Å²) >= 11 is 0. The summed E-state index contributed by atoms with van der Waals surface area (Å²) < 4.78 is 4.91. The smallest absolute Gasteiger partial charge is 0.332 e. The molecule has 30 heavy (non-hydrogen) atoms. The molecule has 3 heteroatoms. The van der Waals surface area contributed by atoms with E-state index in [1.54, 1.807) is 0 Å². The molecule has 0 aromatic rings. The number of carboxylic acids is 1. The minimum absolute atomic E-state index is 0.539. The second-order valence-electron chi connectivity index (χ2n) is 8.54. The second kappa shape index (κ2) is 24.2. The van der Waals surface area contributed by atoms with Crippen LogP contribution in [0.1, 0.15) is 129 Å². The molecule has 0 amide bonds. The number of rotatable bonds is 23. The molecule has 3 nitrogen and oxygen atoms in total. The third kappa shape index (κ3) is 21.6. The number of hydrogen-bond donors (Lipinski definition) is 1. The number of allylic oxidation sites excluding steroid dienone is 4. The van der Waals surface area contributed by atoms with Crippen LogP contribution in [0.25, 0.3) is 0 Å². The number of hydrogen-bond acceptors (Lipinski definition) is 2. The van der Waals surface area contributed by atoms with Gasteiger partial charge in [-0.2, -0.15) is 0 Å². The van der Waals surface area contributed by atoms with Crippen molar-refractivity contribution < 1.29 is 14.6 Å². The van der Waals surface area contributed by atoms with Crippen LogP contribution in [-0.4, -0.2) is 24.3 Å². The average Bonchev–Trinajstić information content (AvgIpc) is 2.74. The van der Waals surface area contributed by atoms with E-state index >= 15 is 0 Å². The van der Waals surface area contributed by atoms with E-state index in [0.717, 1.165) is 19.3 Å². The molecular formula is C27H50O3. The lowest BCUT2D eigenvalue weighted by Crippen LogP contribution is -2.21. The Morgan fingerprint density at radius 3 is 1.50 bits per heavy atom. The lowest BCUT2D eigenvalue weighted by molar-refractivity contribution is -0.148. The van der Waals surface area contributed by atoms with Gasteiger partial charge in [0.2, 0.25) is 0 Å². The molecule has 0 saturated carbocycles. The number of carbonyl (C=O) groups is 1. The highest BCUT2D eigenvalue weighted by molar-refractivity contribution is 5.72. The van der Waals surface area contributed by atoms with Gasteiger partial charge in [-0.3, -0.25) is 0 Å². The van der Waals surface area contributed by atoms with Crippen molar-refractivity contribution in [3.05, 3.63) is 24.3 Å². The van der Waals surface area contributed by atoms with Gasteiger partial charge in [0.05, 0.1) is 0 Å². The van der Waals surface area contributed by atoms with Gasteiger partial charge in [-0.1, -0.05) is 115 Å². The van der Waals surface area contributed by atoms with Crippen molar-refractivity contribution >= 4 is 5.97 Å². The minimum Gasteiger partial charge on any atom is -0.479 e. The molecule has 0 aliphatic heterocycles. The molecular weight excluding hydrogens is 372 g/mol. The molecule has 0 bridgehead atoms. The van der Waals surface area contributed by atoms with Crippen LogP contribution in [0, 0.1) is 0 Å². The number of methoxy groups -OCH3 is 1. The molecule has 0 rings (SSSR count). The van der Waals surface area contributed by atoms with Crippen LogP contribution in [-0.2, 0) is 9.53 Å². The molecule has 0 fully saturated rings. The Balaban J connectivity index is 3.25. The van der Waals surface area contributed by atoms with Crippen LogP contribution in [0.5, 0.6) is 0 Å².